The Bertz CT molecular complexity index is 839. The number of benzene rings is 1. The zero-order valence-corrected chi connectivity index (χ0v) is 21.4. The van der Waals surface area contributed by atoms with Crippen molar-refractivity contribution in [3.8, 4) is 11.5 Å². The lowest BCUT2D eigenvalue weighted by Gasteiger charge is -2.37. The molecule has 2 heterocycles. The van der Waals surface area contributed by atoms with E-state index in [9.17, 15) is 5.11 Å². The molecule has 0 saturated carbocycles. The maximum Gasteiger partial charge on any atom is 0.136 e. The number of phenolic OH excluding ortho intramolecular Hbond substituents is 1. The van der Waals surface area contributed by atoms with Gasteiger partial charge in [0.05, 0.1) is 4.70 Å². The van der Waals surface area contributed by atoms with E-state index in [0.29, 0.717) is 5.75 Å². The van der Waals surface area contributed by atoms with Gasteiger partial charge in [-0.25, -0.2) is 0 Å². The predicted octanol–water partition coefficient (Wildman–Crippen LogP) is 9.19. The van der Waals surface area contributed by atoms with Gasteiger partial charge >= 0.3 is 0 Å². The summed E-state index contributed by atoms with van der Waals surface area (Å²) in [5.41, 5.74) is 2.13. The highest BCUT2D eigenvalue weighted by molar-refractivity contribution is 7.17. The number of hydrogen-bond acceptors (Lipinski definition) is 3. The smallest absolute Gasteiger partial charge is 0.136 e. The van der Waals surface area contributed by atoms with Gasteiger partial charge in [-0.3, -0.25) is 0 Å². The first-order valence-electron chi connectivity index (χ1n) is 12.7. The molecule has 2 aromatic rings. The largest absolute Gasteiger partial charge is 0.506 e. The van der Waals surface area contributed by atoms with Crippen LogP contribution in [0.2, 0.25) is 0 Å². The van der Waals surface area contributed by atoms with Crippen LogP contribution in [0.5, 0.6) is 11.5 Å². The summed E-state index contributed by atoms with van der Waals surface area (Å²) in [4.78, 5) is 0. The molecule has 3 rings (SSSR count). The third-order valence-corrected chi connectivity index (χ3v) is 8.48. The summed E-state index contributed by atoms with van der Waals surface area (Å²) in [5.74, 6) is 3.19. The van der Waals surface area contributed by atoms with Crippen molar-refractivity contribution in [2.75, 3.05) is 0 Å². The van der Waals surface area contributed by atoms with Crippen LogP contribution in [-0.2, 0) is 6.42 Å². The molecule has 174 valence electrons. The molecular weight excluding hydrogens is 400 g/mol. The normalized spacial score (nSPS) is 20.4. The highest BCUT2D eigenvalue weighted by atomic mass is 32.1. The number of ether oxygens (including phenoxy) is 1. The molecule has 0 amide bonds. The van der Waals surface area contributed by atoms with Crippen molar-refractivity contribution in [1.29, 1.82) is 0 Å². The summed E-state index contributed by atoms with van der Waals surface area (Å²) in [7, 11) is 0. The molecule has 0 bridgehead atoms. The molecule has 2 nitrogen and oxygen atoms in total. The lowest BCUT2D eigenvalue weighted by molar-refractivity contribution is 0.0540. The molecule has 0 radical (unpaired) electrons. The van der Waals surface area contributed by atoms with Crippen LogP contribution >= 0.6 is 11.3 Å². The van der Waals surface area contributed by atoms with Crippen molar-refractivity contribution in [1.82, 2.24) is 0 Å². The van der Waals surface area contributed by atoms with E-state index >= 15 is 0 Å². The van der Waals surface area contributed by atoms with Crippen LogP contribution in [0.25, 0.3) is 10.1 Å². The molecule has 3 atom stereocenters. The second-order valence-electron chi connectivity index (χ2n) is 10.5. The Hall–Kier alpha value is -1.22. The van der Waals surface area contributed by atoms with Crippen LogP contribution in [0.4, 0.5) is 0 Å². The highest BCUT2D eigenvalue weighted by Crippen LogP contribution is 2.48. The zero-order valence-electron chi connectivity index (χ0n) is 20.6. The Balaban J connectivity index is 1.45. The van der Waals surface area contributed by atoms with Gasteiger partial charge in [0.1, 0.15) is 17.1 Å². The first-order chi connectivity index (χ1) is 14.8. The molecule has 3 heteroatoms. The van der Waals surface area contributed by atoms with Gasteiger partial charge in [-0.1, -0.05) is 72.1 Å². The number of rotatable bonds is 12. The molecule has 0 spiro atoms. The first-order valence-corrected chi connectivity index (χ1v) is 13.6. The highest BCUT2D eigenvalue weighted by Gasteiger charge is 2.34. The number of phenols is 1. The van der Waals surface area contributed by atoms with Gasteiger partial charge in [0.15, 0.2) is 0 Å². The molecule has 1 aromatic carbocycles. The minimum atomic E-state index is -0.0845. The fourth-order valence-corrected chi connectivity index (χ4v) is 6.16. The van der Waals surface area contributed by atoms with Crippen molar-refractivity contribution in [2.24, 2.45) is 11.8 Å². The molecule has 1 N–H and O–H groups in total. The van der Waals surface area contributed by atoms with Crippen LogP contribution in [0.1, 0.15) is 109 Å². The first kappa shape index (κ1) is 24.4. The Morgan fingerprint density at radius 3 is 2.45 bits per heavy atom. The monoisotopic (exact) mass is 444 g/mol. The molecular formula is C28H44O2S. The van der Waals surface area contributed by atoms with E-state index in [1.54, 1.807) is 11.3 Å². The Morgan fingerprint density at radius 2 is 1.74 bits per heavy atom. The van der Waals surface area contributed by atoms with Gasteiger partial charge in [-0.05, 0) is 68.4 Å². The van der Waals surface area contributed by atoms with E-state index < -0.39 is 0 Å². The van der Waals surface area contributed by atoms with Crippen LogP contribution in [0, 0.1) is 18.8 Å². The third kappa shape index (κ3) is 6.18. The van der Waals surface area contributed by atoms with Crippen molar-refractivity contribution in [3.05, 3.63) is 22.6 Å². The van der Waals surface area contributed by atoms with Crippen molar-refractivity contribution in [2.45, 2.75) is 117 Å². The second-order valence-corrected chi connectivity index (χ2v) is 11.4. The van der Waals surface area contributed by atoms with Gasteiger partial charge in [0.2, 0.25) is 0 Å². The molecule has 1 aromatic heterocycles. The van der Waals surface area contributed by atoms with Crippen molar-refractivity contribution in [3.63, 3.8) is 0 Å². The van der Waals surface area contributed by atoms with Gasteiger partial charge in [-0.2, -0.15) is 0 Å². The molecule has 1 aliphatic heterocycles. The van der Waals surface area contributed by atoms with Crippen molar-refractivity contribution >= 4 is 21.4 Å². The van der Waals surface area contributed by atoms with Gasteiger partial charge in [0, 0.05) is 10.9 Å². The van der Waals surface area contributed by atoms with Crippen LogP contribution in [0.15, 0.2) is 11.4 Å². The minimum Gasteiger partial charge on any atom is -0.506 e. The number of thiophene rings is 1. The fourth-order valence-electron chi connectivity index (χ4n) is 5.27. The standard InChI is InChI=1S/C28H44O2S/c1-6-7-8-11-20(2)12-9-13-21(3)14-10-17-28(5)18-15-23-22(4)25(29)27-24(16-19-31-27)26(23)30-28/h16,19-21,29H,6-15,17-18H2,1-5H3. The summed E-state index contributed by atoms with van der Waals surface area (Å²) < 4.78 is 7.63. The SMILES string of the molecule is CCCCCC(C)CCCC(C)CCCC1(C)CCc2c(C)c(O)c3sccc3c2O1. The van der Waals surface area contributed by atoms with Crippen LogP contribution in [-0.4, -0.2) is 10.7 Å². The van der Waals surface area contributed by atoms with Gasteiger partial charge < -0.3 is 9.84 Å². The summed E-state index contributed by atoms with van der Waals surface area (Å²) in [6.45, 7) is 11.5. The van der Waals surface area contributed by atoms with E-state index in [2.05, 4.69) is 39.1 Å². The van der Waals surface area contributed by atoms with Gasteiger partial charge in [-0.15, -0.1) is 11.3 Å². The summed E-state index contributed by atoms with van der Waals surface area (Å²) >= 11 is 1.61. The predicted molar refractivity (Wildman–Crippen MR) is 136 cm³/mol. The van der Waals surface area contributed by atoms with Crippen LogP contribution in [0.3, 0.4) is 0 Å². The summed E-state index contributed by atoms with van der Waals surface area (Å²) in [6.07, 6.45) is 15.4. The van der Waals surface area contributed by atoms with E-state index in [4.69, 9.17) is 4.74 Å². The maximum atomic E-state index is 10.5. The molecule has 0 fully saturated rings. The summed E-state index contributed by atoms with van der Waals surface area (Å²) in [5, 5.41) is 13.7. The van der Waals surface area contributed by atoms with Gasteiger partial charge in [0.25, 0.3) is 0 Å². The average Bonchev–Trinajstić information content (AvgIpc) is 3.22. The zero-order chi connectivity index (χ0) is 22.4. The van der Waals surface area contributed by atoms with Crippen LogP contribution < -0.4 is 4.74 Å². The maximum absolute atomic E-state index is 10.5. The molecule has 0 aliphatic carbocycles. The van der Waals surface area contributed by atoms with E-state index in [1.165, 1.54) is 63.4 Å². The quantitative estimate of drug-likeness (QED) is 0.331. The number of hydrogen-bond donors (Lipinski definition) is 1. The number of fused-ring (bicyclic) bond motifs is 3. The summed E-state index contributed by atoms with van der Waals surface area (Å²) in [6, 6.07) is 2.11. The third-order valence-electron chi connectivity index (χ3n) is 7.56. The van der Waals surface area contributed by atoms with E-state index in [-0.39, 0.29) is 5.60 Å². The Labute approximate surface area is 194 Å². The van der Waals surface area contributed by atoms with Crippen molar-refractivity contribution < 1.29 is 9.84 Å². The molecule has 3 unspecified atom stereocenters. The van der Waals surface area contributed by atoms with E-state index in [0.717, 1.165) is 52.5 Å². The lowest BCUT2D eigenvalue weighted by atomic mass is 9.85. The number of unbranched alkanes of at least 4 members (excludes halogenated alkanes) is 2. The Morgan fingerprint density at radius 1 is 1.06 bits per heavy atom. The fraction of sp³-hybridized carbons (Fsp3) is 0.714. The molecule has 31 heavy (non-hydrogen) atoms. The Kier molecular flexibility index (Phi) is 8.73. The second kappa shape index (κ2) is 11.1. The topological polar surface area (TPSA) is 29.5 Å². The molecule has 0 saturated heterocycles. The number of aromatic hydroxyl groups is 1. The van der Waals surface area contributed by atoms with E-state index in [1.807, 2.05) is 6.92 Å². The molecule has 1 aliphatic rings. The minimum absolute atomic E-state index is 0.0845. The lowest BCUT2D eigenvalue weighted by Crippen LogP contribution is -2.36. The average molecular weight is 445 g/mol.